The zero-order valence-corrected chi connectivity index (χ0v) is 11.2. The smallest absolute Gasteiger partial charge is 0.170 e. The molecule has 0 heterocycles. The second-order valence-electron chi connectivity index (χ2n) is 4.50. The van der Waals surface area contributed by atoms with E-state index in [1.165, 1.54) is 5.56 Å². The quantitative estimate of drug-likeness (QED) is 0.787. The van der Waals surface area contributed by atoms with Gasteiger partial charge >= 0.3 is 0 Å². The van der Waals surface area contributed by atoms with Crippen molar-refractivity contribution in [3.8, 4) is 0 Å². The van der Waals surface area contributed by atoms with Gasteiger partial charge in [-0.25, -0.2) is 0 Å². The summed E-state index contributed by atoms with van der Waals surface area (Å²) in [7, 11) is 0. The summed E-state index contributed by atoms with van der Waals surface area (Å²) in [4.78, 5) is 0. The molecule has 0 unspecified atom stereocenters. The number of hydrogen-bond acceptors (Lipinski definition) is 1. The third kappa shape index (κ3) is 4.19. The molecule has 0 aliphatic heterocycles. The van der Waals surface area contributed by atoms with E-state index in [0.29, 0.717) is 17.1 Å². The summed E-state index contributed by atoms with van der Waals surface area (Å²) in [5, 5.41) is 7.12. The van der Waals surface area contributed by atoms with Crippen molar-refractivity contribution in [1.29, 1.82) is 0 Å². The topological polar surface area (TPSA) is 24.1 Å². The van der Waals surface area contributed by atoms with Crippen LogP contribution in [0.3, 0.4) is 0 Å². The van der Waals surface area contributed by atoms with Crippen LogP contribution in [0.2, 0.25) is 0 Å². The maximum atomic E-state index is 5.24. The fourth-order valence-electron chi connectivity index (χ4n) is 1.18. The van der Waals surface area contributed by atoms with Gasteiger partial charge in [0, 0.05) is 11.7 Å². The van der Waals surface area contributed by atoms with Crippen molar-refractivity contribution >= 4 is 23.0 Å². The van der Waals surface area contributed by atoms with E-state index in [1.54, 1.807) is 0 Å². The van der Waals surface area contributed by atoms with Gasteiger partial charge in [0.05, 0.1) is 0 Å². The van der Waals surface area contributed by atoms with Crippen molar-refractivity contribution in [3.63, 3.8) is 0 Å². The summed E-state index contributed by atoms with van der Waals surface area (Å²) in [6, 6.07) is 8.57. The van der Waals surface area contributed by atoms with Crippen molar-refractivity contribution in [2.75, 3.05) is 5.32 Å². The number of benzene rings is 1. The summed E-state index contributed by atoms with van der Waals surface area (Å²) in [5.74, 6) is 0.567. The van der Waals surface area contributed by atoms with E-state index in [2.05, 4.69) is 50.5 Å². The number of nitrogens with one attached hydrogen (secondary N) is 2. The van der Waals surface area contributed by atoms with Crippen LogP contribution >= 0.6 is 12.2 Å². The van der Waals surface area contributed by atoms with E-state index in [1.807, 2.05) is 12.1 Å². The molecule has 0 saturated heterocycles. The van der Waals surface area contributed by atoms with Gasteiger partial charge < -0.3 is 10.6 Å². The first-order chi connectivity index (χ1) is 7.49. The lowest BCUT2D eigenvalue weighted by Gasteiger charge is -2.20. The Bertz CT molecular complexity index is 343. The minimum atomic E-state index is 0.380. The molecule has 1 aromatic carbocycles. The Morgan fingerprint density at radius 3 is 2.19 bits per heavy atom. The van der Waals surface area contributed by atoms with Crippen LogP contribution in [0.4, 0.5) is 5.69 Å². The highest BCUT2D eigenvalue weighted by Gasteiger charge is 2.07. The molecule has 16 heavy (non-hydrogen) atoms. The Morgan fingerprint density at radius 2 is 1.69 bits per heavy atom. The molecule has 2 nitrogen and oxygen atoms in total. The van der Waals surface area contributed by atoms with Crippen LogP contribution in [-0.4, -0.2) is 11.2 Å². The van der Waals surface area contributed by atoms with E-state index in [9.17, 15) is 0 Å². The van der Waals surface area contributed by atoms with Gasteiger partial charge in [-0.3, -0.25) is 0 Å². The van der Waals surface area contributed by atoms with E-state index in [-0.39, 0.29) is 0 Å². The van der Waals surface area contributed by atoms with Crippen LogP contribution in [0.25, 0.3) is 0 Å². The minimum absolute atomic E-state index is 0.380. The average molecular weight is 236 g/mol. The van der Waals surface area contributed by atoms with Gasteiger partial charge in [-0.15, -0.1) is 0 Å². The summed E-state index contributed by atoms with van der Waals surface area (Å²) in [6.45, 7) is 8.55. The molecular weight excluding hydrogens is 216 g/mol. The average Bonchev–Trinajstić information content (AvgIpc) is 2.21. The van der Waals surface area contributed by atoms with Gasteiger partial charge in [-0.1, -0.05) is 31.5 Å². The van der Waals surface area contributed by atoms with E-state index >= 15 is 0 Å². The first-order valence-electron chi connectivity index (χ1n) is 5.63. The van der Waals surface area contributed by atoms with Crippen molar-refractivity contribution in [2.45, 2.75) is 33.7 Å². The molecule has 0 saturated carbocycles. The second kappa shape index (κ2) is 5.85. The normalized spacial score (nSPS) is 12.3. The van der Waals surface area contributed by atoms with Crippen LogP contribution in [0.1, 0.15) is 26.3 Å². The van der Waals surface area contributed by atoms with Crippen LogP contribution in [0.15, 0.2) is 24.3 Å². The van der Waals surface area contributed by atoms with Crippen molar-refractivity contribution in [1.82, 2.24) is 5.32 Å². The van der Waals surface area contributed by atoms with Crippen molar-refractivity contribution in [3.05, 3.63) is 29.8 Å². The van der Waals surface area contributed by atoms with E-state index in [4.69, 9.17) is 12.2 Å². The molecule has 88 valence electrons. The summed E-state index contributed by atoms with van der Waals surface area (Å²) in [5.41, 5.74) is 2.28. The Kier molecular flexibility index (Phi) is 4.74. The summed E-state index contributed by atoms with van der Waals surface area (Å²) in [6.07, 6.45) is 0. The summed E-state index contributed by atoms with van der Waals surface area (Å²) < 4.78 is 0. The van der Waals surface area contributed by atoms with Crippen LogP contribution < -0.4 is 10.6 Å². The third-order valence-corrected chi connectivity index (χ3v) is 2.89. The molecule has 3 heteroatoms. The van der Waals surface area contributed by atoms with E-state index < -0.39 is 0 Å². The predicted octanol–water partition coefficient (Wildman–Crippen LogP) is 3.33. The Hall–Kier alpha value is -1.09. The molecule has 1 rings (SSSR count). The molecule has 0 aromatic heterocycles. The van der Waals surface area contributed by atoms with Gasteiger partial charge in [0.1, 0.15) is 0 Å². The van der Waals surface area contributed by atoms with Gasteiger partial charge in [0.15, 0.2) is 5.11 Å². The van der Waals surface area contributed by atoms with Gasteiger partial charge in [0.2, 0.25) is 0 Å². The fraction of sp³-hybridized carbons (Fsp3) is 0.462. The van der Waals surface area contributed by atoms with Crippen LogP contribution in [-0.2, 0) is 0 Å². The maximum absolute atomic E-state index is 5.24. The SMILES string of the molecule is Cc1ccc(NC(=S)N[C@@H](C)C(C)C)cc1. The maximum Gasteiger partial charge on any atom is 0.170 e. The molecule has 0 bridgehead atoms. The lowest BCUT2D eigenvalue weighted by atomic mass is 10.1. The minimum Gasteiger partial charge on any atom is -0.360 e. The first kappa shape index (κ1) is 13.0. The second-order valence-corrected chi connectivity index (χ2v) is 4.91. The number of aryl methyl sites for hydroxylation is 1. The van der Waals surface area contributed by atoms with Crippen molar-refractivity contribution in [2.24, 2.45) is 5.92 Å². The fourth-order valence-corrected chi connectivity index (χ4v) is 1.48. The molecule has 2 N–H and O–H groups in total. The third-order valence-electron chi connectivity index (χ3n) is 2.67. The number of thiocarbonyl (C=S) groups is 1. The molecular formula is C13H20N2S. The Morgan fingerprint density at radius 1 is 1.12 bits per heavy atom. The van der Waals surface area contributed by atoms with Crippen molar-refractivity contribution < 1.29 is 0 Å². The lowest BCUT2D eigenvalue weighted by Crippen LogP contribution is -2.38. The molecule has 0 aliphatic rings. The van der Waals surface area contributed by atoms with Gasteiger partial charge in [0.25, 0.3) is 0 Å². The highest BCUT2D eigenvalue weighted by molar-refractivity contribution is 7.80. The summed E-state index contributed by atoms with van der Waals surface area (Å²) >= 11 is 5.24. The highest BCUT2D eigenvalue weighted by Crippen LogP contribution is 2.08. The first-order valence-corrected chi connectivity index (χ1v) is 6.04. The Labute approximate surface area is 103 Å². The van der Waals surface area contributed by atoms with Crippen LogP contribution in [0.5, 0.6) is 0 Å². The predicted molar refractivity (Wildman–Crippen MR) is 74.8 cm³/mol. The number of rotatable bonds is 3. The lowest BCUT2D eigenvalue weighted by molar-refractivity contribution is 0.489. The Balaban J connectivity index is 2.48. The van der Waals surface area contributed by atoms with Gasteiger partial charge in [-0.2, -0.15) is 0 Å². The standard InChI is InChI=1S/C13H20N2S/c1-9(2)11(4)14-13(16)15-12-7-5-10(3)6-8-12/h5-9,11H,1-4H3,(H2,14,15,16)/t11-/m0/s1. The molecule has 0 amide bonds. The number of anilines is 1. The zero-order valence-electron chi connectivity index (χ0n) is 10.4. The molecule has 0 spiro atoms. The van der Waals surface area contributed by atoms with E-state index in [0.717, 1.165) is 5.69 Å². The monoisotopic (exact) mass is 236 g/mol. The van der Waals surface area contributed by atoms with Gasteiger partial charge in [-0.05, 0) is 44.1 Å². The largest absolute Gasteiger partial charge is 0.360 e. The zero-order chi connectivity index (χ0) is 12.1. The highest BCUT2D eigenvalue weighted by atomic mass is 32.1. The molecule has 1 aromatic rings. The number of hydrogen-bond donors (Lipinski definition) is 2. The molecule has 0 fully saturated rings. The molecule has 0 aliphatic carbocycles. The van der Waals surface area contributed by atoms with Crippen LogP contribution in [0, 0.1) is 12.8 Å². The molecule has 0 radical (unpaired) electrons. The molecule has 1 atom stereocenters.